The topological polar surface area (TPSA) is 88.1 Å². The fourth-order valence-electron chi connectivity index (χ4n) is 0.922. The second-order valence-corrected chi connectivity index (χ2v) is 2.27. The third-order valence-corrected chi connectivity index (χ3v) is 1.48. The number of hydrogen-bond acceptors (Lipinski definition) is 4. The first-order chi connectivity index (χ1) is 6.81. The Labute approximate surface area is 79.5 Å². The standard InChI is InChI=1S/C7H7N3O.CH2O2/c1-11-6-3-2-5-4-8-10-7(5)9-6;2-1-3/h2-4H,1H3,(H,8,9,10);1H,(H,2,3). The number of hydrogen-bond donors (Lipinski definition) is 2. The lowest BCUT2D eigenvalue weighted by Crippen LogP contribution is -1.86. The molecule has 0 aliphatic heterocycles. The summed E-state index contributed by atoms with van der Waals surface area (Å²) in [6.07, 6.45) is 1.72. The number of nitrogens with one attached hydrogen (secondary N) is 1. The molecule has 2 heterocycles. The molecule has 14 heavy (non-hydrogen) atoms. The number of pyridine rings is 1. The SMILES string of the molecule is COc1ccc2cn[nH]c2n1.O=CO. The summed E-state index contributed by atoms with van der Waals surface area (Å²) in [7, 11) is 1.59. The lowest BCUT2D eigenvalue weighted by molar-refractivity contribution is -0.122. The van der Waals surface area contributed by atoms with Crippen LogP contribution in [0.3, 0.4) is 0 Å². The van der Waals surface area contributed by atoms with Gasteiger partial charge in [-0.1, -0.05) is 0 Å². The van der Waals surface area contributed by atoms with Crippen molar-refractivity contribution in [1.29, 1.82) is 0 Å². The molecule has 0 aliphatic carbocycles. The molecule has 6 nitrogen and oxygen atoms in total. The van der Waals surface area contributed by atoms with Gasteiger partial charge >= 0.3 is 0 Å². The summed E-state index contributed by atoms with van der Waals surface area (Å²) in [5.41, 5.74) is 0.754. The van der Waals surface area contributed by atoms with Crippen molar-refractivity contribution < 1.29 is 14.6 Å². The van der Waals surface area contributed by atoms with Gasteiger partial charge in [0.25, 0.3) is 6.47 Å². The Bertz CT molecular complexity index is 413. The first kappa shape index (κ1) is 9.97. The molecule has 0 fully saturated rings. The molecule has 6 heteroatoms. The maximum atomic E-state index is 8.36. The smallest absolute Gasteiger partial charge is 0.290 e. The van der Waals surface area contributed by atoms with E-state index in [1.54, 1.807) is 19.4 Å². The monoisotopic (exact) mass is 195 g/mol. The maximum Gasteiger partial charge on any atom is 0.290 e. The number of methoxy groups -OCH3 is 1. The summed E-state index contributed by atoms with van der Waals surface area (Å²) in [6.45, 7) is -0.250. The van der Waals surface area contributed by atoms with Crippen LogP contribution in [-0.2, 0) is 4.79 Å². The molecular formula is C8H9N3O3. The van der Waals surface area contributed by atoms with Crippen molar-refractivity contribution in [2.75, 3.05) is 7.11 Å². The zero-order chi connectivity index (χ0) is 10.4. The zero-order valence-electron chi connectivity index (χ0n) is 7.47. The minimum absolute atomic E-state index is 0.250. The molecule has 0 aliphatic rings. The first-order valence-corrected chi connectivity index (χ1v) is 3.73. The van der Waals surface area contributed by atoms with E-state index in [0.29, 0.717) is 5.88 Å². The third kappa shape index (κ3) is 2.19. The Hall–Kier alpha value is -2.11. The van der Waals surface area contributed by atoms with E-state index in [2.05, 4.69) is 15.2 Å². The molecule has 0 amide bonds. The summed E-state index contributed by atoms with van der Waals surface area (Å²) >= 11 is 0. The number of fused-ring (bicyclic) bond motifs is 1. The van der Waals surface area contributed by atoms with Gasteiger partial charge in [-0.25, -0.2) is 0 Å². The molecule has 0 unspecified atom stereocenters. The molecule has 0 bridgehead atoms. The highest BCUT2D eigenvalue weighted by Crippen LogP contribution is 2.12. The van der Waals surface area contributed by atoms with Crippen LogP contribution in [0.15, 0.2) is 18.3 Å². The van der Waals surface area contributed by atoms with Crippen molar-refractivity contribution >= 4 is 17.5 Å². The summed E-state index contributed by atoms with van der Waals surface area (Å²) in [5.74, 6) is 0.599. The van der Waals surface area contributed by atoms with Crippen LogP contribution in [0.2, 0.25) is 0 Å². The molecule has 0 spiro atoms. The van der Waals surface area contributed by atoms with Crippen LogP contribution in [0.4, 0.5) is 0 Å². The summed E-state index contributed by atoms with van der Waals surface area (Å²) in [4.78, 5) is 12.5. The van der Waals surface area contributed by atoms with E-state index in [4.69, 9.17) is 14.6 Å². The highest BCUT2D eigenvalue weighted by molar-refractivity contribution is 5.73. The molecule has 2 aromatic rings. The number of ether oxygens (including phenoxy) is 1. The minimum atomic E-state index is -0.250. The number of carbonyl (C=O) groups is 1. The fourth-order valence-corrected chi connectivity index (χ4v) is 0.922. The Kier molecular flexibility index (Phi) is 3.42. The number of rotatable bonds is 1. The van der Waals surface area contributed by atoms with Gasteiger partial charge < -0.3 is 9.84 Å². The van der Waals surface area contributed by atoms with Crippen molar-refractivity contribution in [3.63, 3.8) is 0 Å². The van der Waals surface area contributed by atoms with E-state index in [0.717, 1.165) is 11.0 Å². The normalized spacial score (nSPS) is 8.93. The summed E-state index contributed by atoms with van der Waals surface area (Å²) in [5, 5.41) is 14.5. The van der Waals surface area contributed by atoms with Gasteiger partial charge in [0.1, 0.15) is 0 Å². The second kappa shape index (κ2) is 4.80. The lowest BCUT2D eigenvalue weighted by atomic mass is 10.4. The number of nitrogens with zero attached hydrogens (tertiary/aromatic N) is 2. The van der Waals surface area contributed by atoms with Gasteiger partial charge in [0.05, 0.1) is 13.3 Å². The van der Waals surface area contributed by atoms with Crippen molar-refractivity contribution in [1.82, 2.24) is 15.2 Å². The molecular weight excluding hydrogens is 186 g/mol. The van der Waals surface area contributed by atoms with Gasteiger partial charge in [0, 0.05) is 11.5 Å². The first-order valence-electron chi connectivity index (χ1n) is 3.73. The number of carboxylic acid groups (broad SMARTS) is 1. The van der Waals surface area contributed by atoms with Gasteiger partial charge in [-0.2, -0.15) is 10.1 Å². The van der Waals surface area contributed by atoms with E-state index in [-0.39, 0.29) is 6.47 Å². The van der Waals surface area contributed by atoms with E-state index < -0.39 is 0 Å². The Morgan fingerprint density at radius 3 is 2.93 bits per heavy atom. The average molecular weight is 195 g/mol. The predicted molar refractivity (Wildman–Crippen MR) is 49.1 cm³/mol. The molecule has 2 N–H and O–H groups in total. The Balaban J connectivity index is 0.000000293. The number of aromatic amines is 1. The highest BCUT2D eigenvalue weighted by atomic mass is 16.5. The summed E-state index contributed by atoms with van der Waals surface area (Å²) < 4.78 is 4.93. The second-order valence-electron chi connectivity index (χ2n) is 2.27. The van der Waals surface area contributed by atoms with Gasteiger partial charge in [0.2, 0.25) is 5.88 Å². The fraction of sp³-hybridized carbons (Fsp3) is 0.125. The molecule has 0 radical (unpaired) electrons. The number of H-pyrrole nitrogens is 1. The molecule has 0 saturated carbocycles. The molecule has 2 aromatic heterocycles. The number of aromatic nitrogens is 3. The molecule has 0 saturated heterocycles. The highest BCUT2D eigenvalue weighted by Gasteiger charge is 1.97. The Morgan fingerprint density at radius 2 is 2.29 bits per heavy atom. The quantitative estimate of drug-likeness (QED) is 0.653. The average Bonchev–Trinajstić information content (AvgIpc) is 2.65. The van der Waals surface area contributed by atoms with Gasteiger partial charge in [0.15, 0.2) is 5.65 Å². The molecule has 2 rings (SSSR count). The van der Waals surface area contributed by atoms with E-state index >= 15 is 0 Å². The van der Waals surface area contributed by atoms with Crippen LogP contribution < -0.4 is 4.74 Å². The van der Waals surface area contributed by atoms with Crippen LogP contribution >= 0.6 is 0 Å². The van der Waals surface area contributed by atoms with E-state index in [1.807, 2.05) is 6.07 Å². The van der Waals surface area contributed by atoms with Crippen LogP contribution in [0.25, 0.3) is 11.0 Å². The molecule has 0 atom stereocenters. The maximum absolute atomic E-state index is 8.36. The Morgan fingerprint density at radius 1 is 1.57 bits per heavy atom. The predicted octanol–water partition coefficient (Wildman–Crippen LogP) is 0.667. The van der Waals surface area contributed by atoms with Crippen LogP contribution in [0.5, 0.6) is 5.88 Å². The van der Waals surface area contributed by atoms with Crippen LogP contribution in [0, 0.1) is 0 Å². The minimum Gasteiger partial charge on any atom is -0.483 e. The van der Waals surface area contributed by atoms with Gasteiger partial charge in [-0.15, -0.1) is 0 Å². The van der Waals surface area contributed by atoms with Gasteiger partial charge in [-0.05, 0) is 6.07 Å². The van der Waals surface area contributed by atoms with Crippen molar-refractivity contribution in [3.05, 3.63) is 18.3 Å². The third-order valence-electron chi connectivity index (χ3n) is 1.48. The molecule has 74 valence electrons. The van der Waals surface area contributed by atoms with Crippen molar-refractivity contribution in [2.24, 2.45) is 0 Å². The lowest BCUT2D eigenvalue weighted by Gasteiger charge is -1.95. The van der Waals surface area contributed by atoms with Crippen molar-refractivity contribution in [3.8, 4) is 5.88 Å². The van der Waals surface area contributed by atoms with Crippen LogP contribution in [0.1, 0.15) is 0 Å². The summed E-state index contributed by atoms with van der Waals surface area (Å²) in [6, 6.07) is 3.71. The largest absolute Gasteiger partial charge is 0.483 e. The molecule has 0 aromatic carbocycles. The van der Waals surface area contributed by atoms with Crippen LogP contribution in [-0.4, -0.2) is 33.9 Å². The van der Waals surface area contributed by atoms with E-state index in [1.165, 1.54) is 0 Å². The van der Waals surface area contributed by atoms with Crippen molar-refractivity contribution in [2.45, 2.75) is 0 Å². The van der Waals surface area contributed by atoms with Gasteiger partial charge in [-0.3, -0.25) is 9.89 Å². The van der Waals surface area contributed by atoms with E-state index in [9.17, 15) is 0 Å². The zero-order valence-corrected chi connectivity index (χ0v) is 7.47.